The molecular weight excluding hydrogens is 436 g/mol. The van der Waals surface area contributed by atoms with Crippen LogP contribution in [0.15, 0.2) is 53.1 Å². The van der Waals surface area contributed by atoms with Gasteiger partial charge in [0.15, 0.2) is 0 Å². The number of likely N-dealkylation sites (tertiary alicyclic amines) is 1. The van der Waals surface area contributed by atoms with Gasteiger partial charge >= 0.3 is 0 Å². The predicted molar refractivity (Wildman–Crippen MR) is 112 cm³/mol. The number of aryl methyl sites for hydroxylation is 1. The van der Waals surface area contributed by atoms with Gasteiger partial charge in [-0.1, -0.05) is 12.1 Å². The van der Waals surface area contributed by atoms with Gasteiger partial charge in [-0.3, -0.25) is 9.48 Å². The molecular formula is C21H21BrN4O3. The Morgan fingerprint density at radius 3 is 2.90 bits per heavy atom. The minimum atomic E-state index is -0.0868. The maximum atomic E-state index is 13.1. The van der Waals surface area contributed by atoms with Gasteiger partial charge in [0.2, 0.25) is 5.88 Å². The highest BCUT2D eigenvalue weighted by Crippen LogP contribution is 2.27. The Bertz CT molecular complexity index is 1040. The minimum absolute atomic E-state index is 0.0552. The van der Waals surface area contributed by atoms with Crippen LogP contribution < -0.4 is 9.47 Å². The number of methoxy groups -OCH3 is 1. The zero-order valence-corrected chi connectivity index (χ0v) is 17.8. The fourth-order valence-corrected chi connectivity index (χ4v) is 3.73. The quantitative estimate of drug-likeness (QED) is 0.586. The number of ether oxygens (including phenoxy) is 2. The molecule has 0 spiro atoms. The number of rotatable bonds is 5. The number of hydrogen-bond acceptors (Lipinski definition) is 5. The Balaban J connectivity index is 1.47. The van der Waals surface area contributed by atoms with E-state index >= 15 is 0 Å². The van der Waals surface area contributed by atoms with E-state index in [2.05, 4.69) is 26.0 Å². The van der Waals surface area contributed by atoms with Crippen LogP contribution in [0.5, 0.6) is 11.6 Å². The number of halogens is 1. The summed E-state index contributed by atoms with van der Waals surface area (Å²) in [7, 11) is 3.41. The van der Waals surface area contributed by atoms with Crippen LogP contribution in [0.3, 0.4) is 0 Å². The molecule has 1 fully saturated rings. The Morgan fingerprint density at radius 1 is 1.24 bits per heavy atom. The maximum Gasteiger partial charge on any atom is 0.272 e. The first-order valence-corrected chi connectivity index (χ1v) is 10.1. The molecule has 150 valence electrons. The molecule has 1 atom stereocenters. The average molecular weight is 457 g/mol. The SMILES string of the molecule is COc1cccc(-c2cc(C(=O)N3CC[C@@H](Oc4ncccc4Br)C3)n(C)n2)c1. The number of aromatic nitrogens is 3. The van der Waals surface area contributed by atoms with E-state index in [0.29, 0.717) is 24.7 Å². The van der Waals surface area contributed by atoms with Gasteiger partial charge < -0.3 is 14.4 Å². The van der Waals surface area contributed by atoms with Crippen molar-refractivity contribution in [2.45, 2.75) is 12.5 Å². The molecule has 0 saturated carbocycles. The first kappa shape index (κ1) is 19.4. The molecule has 2 aromatic heterocycles. The van der Waals surface area contributed by atoms with E-state index in [4.69, 9.17) is 9.47 Å². The summed E-state index contributed by atoms with van der Waals surface area (Å²) in [6.45, 7) is 1.15. The lowest BCUT2D eigenvalue weighted by Crippen LogP contribution is -2.32. The second kappa shape index (κ2) is 8.24. The van der Waals surface area contributed by atoms with Gasteiger partial charge in [0.1, 0.15) is 17.5 Å². The van der Waals surface area contributed by atoms with Crippen LogP contribution in [0.1, 0.15) is 16.9 Å². The molecule has 1 amide bonds. The summed E-state index contributed by atoms with van der Waals surface area (Å²) < 4.78 is 13.7. The summed E-state index contributed by atoms with van der Waals surface area (Å²) in [6, 6.07) is 13.2. The summed E-state index contributed by atoms with van der Waals surface area (Å²) in [4.78, 5) is 19.1. The molecule has 1 aromatic carbocycles. The summed E-state index contributed by atoms with van der Waals surface area (Å²) >= 11 is 3.44. The van der Waals surface area contributed by atoms with E-state index in [0.717, 1.165) is 27.9 Å². The first-order valence-electron chi connectivity index (χ1n) is 9.30. The van der Waals surface area contributed by atoms with Gasteiger partial charge in [-0.05, 0) is 46.3 Å². The lowest BCUT2D eigenvalue weighted by molar-refractivity contribution is 0.0760. The minimum Gasteiger partial charge on any atom is -0.497 e. The molecule has 1 saturated heterocycles. The van der Waals surface area contributed by atoms with E-state index < -0.39 is 0 Å². The van der Waals surface area contributed by atoms with Crippen molar-refractivity contribution in [3.05, 3.63) is 58.8 Å². The molecule has 7 nitrogen and oxygen atoms in total. The number of nitrogens with zero attached hydrogens (tertiary/aromatic N) is 4. The van der Waals surface area contributed by atoms with Gasteiger partial charge in [0.25, 0.3) is 5.91 Å². The molecule has 3 heterocycles. The second-order valence-electron chi connectivity index (χ2n) is 6.84. The number of pyridine rings is 1. The Morgan fingerprint density at radius 2 is 2.10 bits per heavy atom. The molecule has 0 radical (unpaired) electrons. The number of carbonyl (C=O) groups is 1. The van der Waals surface area contributed by atoms with Crippen LogP contribution in [-0.4, -0.2) is 51.9 Å². The number of hydrogen-bond donors (Lipinski definition) is 0. The smallest absolute Gasteiger partial charge is 0.272 e. The highest BCUT2D eigenvalue weighted by atomic mass is 79.9. The number of benzene rings is 1. The average Bonchev–Trinajstić information content (AvgIpc) is 3.36. The predicted octanol–water partition coefficient (Wildman–Crippen LogP) is 3.55. The van der Waals surface area contributed by atoms with Crippen molar-refractivity contribution in [1.29, 1.82) is 0 Å². The third kappa shape index (κ3) is 4.12. The van der Waals surface area contributed by atoms with Crippen LogP contribution in [0, 0.1) is 0 Å². The highest BCUT2D eigenvalue weighted by Gasteiger charge is 2.30. The van der Waals surface area contributed by atoms with Crippen LogP contribution >= 0.6 is 15.9 Å². The lowest BCUT2D eigenvalue weighted by Gasteiger charge is -2.17. The molecule has 3 aromatic rings. The third-order valence-electron chi connectivity index (χ3n) is 4.90. The molecule has 0 bridgehead atoms. The number of carbonyl (C=O) groups excluding carboxylic acids is 1. The van der Waals surface area contributed by atoms with Crippen molar-refractivity contribution in [3.8, 4) is 22.9 Å². The Kier molecular flexibility index (Phi) is 5.53. The molecule has 0 aliphatic carbocycles. The lowest BCUT2D eigenvalue weighted by atomic mass is 10.1. The normalized spacial score (nSPS) is 16.1. The van der Waals surface area contributed by atoms with Gasteiger partial charge in [0.05, 0.1) is 23.8 Å². The van der Waals surface area contributed by atoms with Gasteiger partial charge in [-0.15, -0.1) is 0 Å². The fourth-order valence-electron chi connectivity index (χ4n) is 3.38. The molecule has 8 heteroatoms. The van der Waals surface area contributed by atoms with Crippen molar-refractivity contribution < 1.29 is 14.3 Å². The molecule has 1 aliphatic heterocycles. The van der Waals surface area contributed by atoms with E-state index in [9.17, 15) is 4.79 Å². The summed E-state index contributed by atoms with van der Waals surface area (Å²) in [5.41, 5.74) is 2.18. The molecule has 4 rings (SSSR count). The van der Waals surface area contributed by atoms with Crippen molar-refractivity contribution in [3.63, 3.8) is 0 Å². The second-order valence-corrected chi connectivity index (χ2v) is 7.69. The topological polar surface area (TPSA) is 69.5 Å². The highest BCUT2D eigenvalue weighted by molar-refractivity contribution is 9.10. The van der Waals surface area contributed by atoms with Gasteiger partial charge in [-0.2, -0.15) is 5.10 Å². The third-order valence-corrected chi connectivity index (χ3v) is 5.50. The molecule has 1 aliphatic rings. The fraction of sp³-hybridized carbons (Fsp3) is 0.286. The maximum absolute atomic E-state index is 13.1. The Labute approximate surface area is 177 Å². The van der Waals surface area contributed by atoms with Crippen molar-refractivity contribution >= 4 is 21.8 Å². The van der Waals surface area contributed by atoms with Crippen molar-refractivity contribution in [2.75, 3.05) is 20.2 Å². The standard InChI is InChI=1S/C21H21BrN4O3/c1-25-19(12-18(24-25)14-5-3-6-15(11-14)28-2)21(27)26-10-8-16(13-26)29-20-17(22)7-4-9-23-20/h3-7,9,11-12,16H,8,10,13H2,1-2H3/t16-/m1/s1. The molecule has 0 unspecified atom stereocenters. The molecule has 29 heavy (non-hydrogen) atoms. The van der Waals surface area contributed by atoms with Crippen molar-refractivity contribution in [1.82, 2.24) is 19.7 Å². The van der Waals surface area contributed by atoms with Crippen LogP contribution in [-0.2, 0) is 7.05 Å². The summed E-state index contributed by atoms with van der Waals surface area (Å²) in [5, 5.41) is 4.51. The van der Waals surface area contributed by atoms with Crippen LogP contribution in [0.2, 0.25) is 0 Å². The van der Waals surface area contributed by atoms with Gasteiger partial charge in [-0.25, -0.2) is 4.98 Å². The monoisotopic (exact) mass is 456 g/mol. The summed E-state index contributed by atoms with van der Waals surface area (Å²) in [6.07, 6.45) is 2.36. The van der Waals surface area contributed by atoms with Gasteiger partial charge in [0, 0.05) is 31.8 Å². The van der Waals surface area contributed by atoms with E-state index in [1.165, 1.54) is 0 Å². The summed E-state index contributed by atoms with van der Waals surface area (Å²) in [5.74, 6) is 1.24. The Hall–Kier alpha value is -2.87. The van der Waals surface area contributed by atoms with E-state index in [1.54, 1.807) is 29.9 Å². The van der Waals surface area contributed by atoms with Crippen molar-refractivity contribution in [2.24, 2.45) is 7.05 Å². The zero-order valence-electron chi connectivity index (χ0n) is 16.2. The largest absolute Gasteiger partial charge is 0.497 e. The van der Waals surface area contributed by atoms with Crippen LogP contribution in [0.25, 0.3) is 11.3 Å². The number of amides is 1. The van der Waals surface area contributed by atoms with E-state index in [1.807, 2.05) is 42.5 Å². The zero-order chi connectivity index (χ0) is 20.4. The van der Waals surface area contributed by atoms with Crippen LogP contribution in [0.4, 0.5) is 0 Å². The first-order chi connectivity index (χ1) is 14.0. The van der Waals surface area contributed by atoms with E-state index in [-0.39, 0.29) is 12.0 Å². The molecule has 0 N–H and O–H groups in total.